The second-order valence-corrected chi connectivity index (χ2v) is 7.06. The maximum absolute atomic E-state index is 12.3. The van der Waals surface area contributed by atoms with Gasteiger partial charge in [0.15, 0.2) is 5.69 Å². The maximum Gasteiger partial charge on any atom is 0.277 e. The van der Waals surface area contributed by atoms with Crippen LogP contribution in [0.15, 0.2) is 18.6 Å². The van der Waals surface area contributed by atoms with E-state index in [9.17, 15) is 4.79 Å². The molecule has 0 unspecified atom stereocenters. The minimum absolute atomic E-state index is 0.125. The van der Waals surface area contributed by atoms with E-state index in [-0.39, 0.29) is 11.3 Å². The van der Waals surface area contributed by atoms with Crippen molar-refractivity contribution in [3.63, 3.8) is 0 Å². The molecule has 0 radical (unpaired) electrons. The molecule has 0 spiro atoms. The van der Waals surface area contributed by atoms with Gasteiger partial charge in [-0.1, -0.05) is 26.0 Å². The molecule has 0 atom stereocenters. The summed E-state index contributed by atoms with van der Waals surface area (Å²) >= 11 is 0. The number of nitrogens with zero attached hydrogens (tertiary/aromatic N) is 5. The van der Waals surface area contributed by atoms with Gasteiger partial charge in [0.25, 0.3) is 5.91 Å². The van der Waals surface area contributed by atoms with Gasteiger partial charge in [-0.25, -0.2) is 14.6 Å². The minimum atomic E-state index is -0.303. The Bertz CT molecular complexity index is 696. The second-order valence-electron chi connectivity index (χ2n) is 7.06. The molecule has 1 aliphatic rings. The lowest BCUT2D eigenvalue weighted by atomic mass is 9.96. The van der Waals surface area contributed by atoms with E-state index in [2.05, 4.69) is 30.9 Å². The molecular formula is C16H23N7O. The average Bonchev–Trinajstić information content (AvgIpc) is 3.05. The first-order valence-corrected chi connectivity index (χ1v) is 8.20. The maximum atomic E-state index is 12.3. The van der Waals surface area contributed by atoms with Crippen LogP contribution in [0.4, 0.5) is 5.69 Å². The number of nitrogens with one attached hydrogen (secondary N) is 2. The molecule has 0 aliphatic carbocycles. The number of rotatable bonds is 3. The molecule has 8 heteroatoms. The number of hydrogen-bond acceptors (Lipinski definition) is 6. The number of anilines is 1. The first-order chi connectivity index (χ1) is 11.4. The number of piperidine rings is 1. The molecule has 0 saturated carbocycles. The first-order valence-electron chi connectivity index (χ1n) is 8.20. The summed E-state index contributed by atoms with van der Waals surface area (Å²) in [6, 6.07) is 0.301. The molecule has 24 heavy (non-hydrogen) atoms. The van der Waals surface area contributed by atoms with Gasteiger partial charge in [0.2, 0.25) is 0 Å². The number of aromatic nitrogens is 5. The van der Waals surface area contributed by atoms with Crippen LogP contribution < -0.4 is 10.6 Å². The zero-order valence-electron chi connectivity index (χ0n) is 14.3. The predicted octanol–water partition coefficient (Wildman–Crippen LogP) is 1.54. The highest BCUT2D eigenvalue weighted by Gasteiger charge is 2.20. The summed E-state index contributed by atoms with van der Waals surface area (Å²) in [4.78, 5) is 20.9. The predicted molar refractivity (Wildman–Crippen MR) is 89.8 cm³/mol. The lowest BCUT2D eigenvalue weighted by molar-refractivity contribution is 0.102. The molecular weight excluding hydrogens is 306 g/mol. The molecule has 1 fully saturated rings. The Kier molecular flexibility index (Phi) is 4.57. The summed E-state index contributed by atoms with van der Waals surface area (Å²) < 4.78 is 1.79. The molecule has 2 N–H and O–H groups in total. The molecule has 128 valence electrons. The second kappa shape index (κ2) is 6.64. The Morgan fingerprint density at radius 1 is 1.25 bits per heavy atom. The van der Waals surface area contributed by atoms with Crippen molar-refractivity contribution in [1.82, 2.24) is 30.3 Å². The fourth-order valence-electron chi connectivity index (χ4n) is 2.61. The van der Waals surface area contributed by atoms with Crippen LogP contribution in [0.25, 0.3) is 0 Å². The van der Waals surface area contributed by atoms with Crippen LogP contribution in [-0.2, 0) is 5.41 Å². The third-order valence-corrected chi connectivity index (χ3v) is 4.01. The third kappa shape index (κ3) is 3.76. The van der Waals surface area contributed by atoms with E-state index in [1.807, 2.05) is 20.8 Å². The summed E-state index contributed by atoms with van der Waals surface area (Å²) in [5, 5.41) is 14.1. The van der Waals surface area contributed by atoms with Crippen LogP contribution in [0.5, 0.6) is 0 Å². The summed E-state index contributed by atoms with van der Waals surface area (Å²) in [5.74, 6) is 0.430. The van der Waals surface area contributed by atoms with E-state index in [1.165, 1.54) is 0 Å². The smallest absolute Gasteiger partial charge is 0.277 e. The number of carbonyl (C=O) groups is 1. The molecule has 8 nitrogen and oxygen atoms in total. The molecule has 0 bridgehead atoms. The van der Waals surface area contributed by atoms with Crippen LogP contribution in [0.3, 0.4) is 0 Å². The molecule has 1 amide bonds. The van der Waals surface area contributed by atoms with Crippen LogP contribution >= 0.6 is 0 Å². The van der Waals surface area contributed by atoms with Gasteiger partial charge >= 0.3 is 0 Å². The van der Waals surface area contributed by atoms with E-state index >= 15 is 0 Å². The van der Waals surface area contributed by atoms with Crippen LogP contribution in [0.1, 0.15) is 56.0 Å². The fourth-order valence-corrected chi connectivity index (χ4v) is 2.61. The monoisotopic (exact) mass is 329 g/mol. The van der Waals surface area contributed by atoms with Gasteiger partial charge < -0.3 is 10.6 Å². The zero-order valence-corrected chi connectivity index (χ0v) is 14.3. The molecule has 2 aromatic heterocycles. The van der Waals surface area contributed by atoms with E-state index in [0.717, 1.165) is 31.8 Å². The average molecular weight is 329 g/mol. The van der Waals surface area contributed by atoms with Crippen molar-refractivity contribution < 1.29 is 4.79 Å². The van der Waals surface area contributed by atoms with Gasteiger partial charge in [0.1, 0.15) is 5.82 Å². The summed E-state index contributed by atoms with van der Waals surface area (Å²) in [7, 11) is 0. The summed E-state index contributed by atoms with van der Waals surface area (Å²) in [6.45, 7) is 8.05. The molecule has 2 aromatic rings. The molecule has 0 aromatic carbocycles. The first kappa shape index (κ1) is 16.5. The molecule has 3 heterocycles. The molecule has 1 aliphatic heterocycles. The number of hydrogen-bond donors (Lipinski definition) is 2. The highest BCUT2D eigenvalue weighted by atomic mass is 16.2. The molecule has 1 saturated heterocycles. The van der Waals surface area contributed by atoms with Crippen molar-refractivity contribution >= 4 is 11.6 Å². The van der Waals surface area contributed by atoms with Gasteiger partial charge in [0, 0.05) is 5.41 Å². The lowest BCUT2D eigenvalue weighted by Crippen LogP contribution is -2.29. The largest absolute Gasteiger partial charge is 0.318 e. The van der Waals surface area contributed by atoms with E-state index < -0.39 is 0 Å². The molecule has 3 rings (SSSR count). The van der Waals surface area contributed by atoms with Crippen molar-refractivity contribution in [1.29, 1.82) is 0 Å². The quantitative estimate of drug-likeness (QED) is 0.886. The van der Waals surface area contributed by atoms with Gasteiger partial charge in [-0.05, 0) is 25.9 Å². The van der Waals surface area contributed by atoms with Crippen LogP contribution in [0, 0.1) is 0 Å². The van der Waals surface area contributed by atoms with E-state index in [1.54, 1.807) is 23.3 Å². The van der Waals surface area contributed by atoms with Crippen molar-refractivity contribution in [3.05, 3.63) is 30.1 Å². The normalized spacial score (nSPS) is 16.1. The van der Waals surface area contributed by atoms with Gasteiger partial charge in [-0.2, -0.15) is 0 Å². The third-order valence-electron chi connectivity index (χ3n) is 4.01. The van der Waals surface area contributed by atoms with Crippen LogP contribution in [-0.4, -0.2) is 44.0 Å². The van der Waals surface area contributed by atoms with Crippen molar-refractivity contribution in [2.75, 3.05) is 18.4 Å². The van der Waals surface area contributed by atoms with E-state index in [4.69, 9.17) is 0 Å². The van der Waals surface area contributed by atoms with Gasteiger partial charge in [-0.15, -0.1) is 5.10 Å². The topological polar surface area (TPSA) is 97.6 Å². The standard InChI is InChI=1S/C16H23N7O/c1-16(2,3)15-18-8-11(9-19-15)20-14(24)13-10-23(22-21-13)12-4-6-17-7-5-12/h8-10,12,17H,4-7H2,1-3H3,(H,20,24). The van der Waals surface area contributed by atoms with Gasteiger partial charge in [0.05, 0.1) is 30.3 Å². The van der Waals surface area contributed by atoms with Crippen LogP contribution in [0.2, 0.25) is 0 Å². The lowest BCUT2D eigenvalue weighted by Gasteiger charge is -2.22. The highest BCUT2D eigenvalue weighted by molar-refractivity contribution is 6.02. The fraction of sp³-hybridized carbons (Fsp3) is 0.562. The number of carbonyl (C=O) groups excluding carboxylic acids is 1. The van der Waals surface area contributed by atoms with Gasteiger partial charge in [-0.3, -0.25) is 4.79 Å². The number of amides is 1. The van der Waals surface area contributed by atoms with E-state index in [0.29, 0.717) is 17.4 Å². The minimum Gasteiger partial charge on any atom is -0.318 e. The Morgan fingerprint density at radius 3 is 2.54 bits per heavy atom. The Hall–Kier alpha value is -2.35. The Balaban J connectivity index is 1.65. The zero-order chi connectivity index (χ0) is 17.2. The Labute approximate surface area is 141 Å². The van der Waals surface area contributed by atoms with Crippen molar-refractivity contribution in [2.24, 2.45) is 0 Å². The summed E-state index contributed by atoms with van der Waals surface area (Å²) in [6.07, 6.45) is 6.92. The summed E-state index contributed by atoms with van der Waals surface area (Å²) in [5.41, 5.74) is 0.720. The highest BCUT2D eigenvalue weighted by Crippen LogP contribution is 2.19. The Morgan fingerprint density at radius 2 is 1.92 bits per heavy atom. The van der Waals surface area contributed by atoms with Crippen molar-refractivity contribution in [2.45, 2.75) is 45.1 Å². The SMILES string of the molecule is CC(C)(C)c1ncc(NC(=O)c2cn(C3CCNCC3)nn2)cn1. The van der Waals surface area contributed by atoms with Crippen molar-refractivity contribution in [3.8, 4) is 0 Å².